The van der Waals surface area contributed by atoms with Gasteiger partial charge in [-0.25, -0.2) is 0 Å². The maximum absolute atomic E-state index is 6.28. The molecular weight excluding hydrogens is 325 g/mol. The molecule has 0 radical (unpaired) electrons. The van der Waals surface area contributed by atoms with Crippen molar-refractivity contribution >= 4 is 34.7 Å². The van der Waals surface area contributed by atoms with E-state index in [0.29, 0.717) is 16.5 Å². The number of likely N-dealkylation sites (N-methyl/N-ethyl adjacent to an activating group) is 1. The van der Waals surface area contributed by atoms with Gasteiger partial charge in [0.15, 0.2) is 0 Å². The van der Waals surface area contributed by atoms with Crippen molar-refractivity contribution in [3.8, 4) is 0 Å². The molecule has 2 aromatic rings. The third-order valence-corrected chi connectivity index (χ3v) is 4.90. The van der Waals surface area contributed by atoms with Crippen LogP contribution in [0.4, 0.5) is 0 Å². The second kappa shape index (κ2) is 6.61. The van der Waals surface area contributed by atoms with Crippen LogP contribution in [0.15, 0.2) is 18.2 Å². The Morgan fingerprint density at radius 1 is 1.24 bits per heavy atom. The van der Waals surface area contributed by atoms with Gasteiger partial charge in [-0.3, -0.25) is 0 Å². The molecule has 1 N–H and O–H groups in total. The molecule has 21 heavy (non-hydrogen) atoms. The lowest BCUT2D eigenvalue weighted by Crippen LogP contribution is -2.23. The summed E-state index contributed by atoms with van der Waals surface area (Å²) >= 11 is 14.0. The van der Waals surface area contributed by atoms with Gasteiger partial charge in [0, 0.05) is 21.5 Å². The summed E-state index contributed by atoms with van der Waals surface area (Å²) in [4.78, 5) is 1.14. The summed E-state index contributed by atoms with van der Waals surface area (Å²) in [6, 6.07) is 5.68. The lowest BCUT2D eigenvalue weighted by molar-refractivity contribution is 0.530. The SMILES string of the molecule is CNC(Cc1c(Cl)cccc1Cl)c1snnc1C(C)(C)C. The Kier molecular flexibility index (Phi) is 5.25. The van der Waals surface area contributed by atoms with E-state index in [9.17, 15) is 0 Å². The molecule has 0 aliphatic heterocycles. The molecule has 1 atom stereocenters. The molecule has 114 valence electrons. The van der Waals surface area contributed by atoms with E-state index in [1.165, 1.54) is 11.5 Å². The quantitative estimate of drug-likeness (QED) is 0.878. The van der Waals surface area contributed by atoms with E-state index in [1.807, 2.05) is 25.2 Å². The van der Waals surface area contributed by atoms with E-state index in [1.54, 1.807) is 0 Å². The predicted octanol–water partition coefficient (Wildman–Crippen LogP) is 4.65. The summed E-state index contributed by atoms with van der Waals surface area (Å²) in [7, 11) is 1.93. The van der Waals surface area contributed by atoms with Gasteiger partial charge in [-0.05, 0) is 42.7 Å². The summed E-state index contributed by atoms with van der Waals surface area (Å²) in [5.41, 5.74) is 1.94. The maximum Gasteiger partial charge on any atom is 0.0857 e. The van der Waals surface area contributed by atoms with Crippen LogP contribution < -0.4 is 5.32 Å². The van der Waals surface area contributed by atoms with Crippen LogP contribution in [0.5, 0.6) is 0 Å². The Morgan fingerprint density at radius 3 is 2.38 bits per heavy atom. The number of nitrogens with zero attached hydrogens (tertiary/aromatic N) is 2. The van der Waals surface area contributed by atoms with Gasteiger partial charge in [0.1, 0.15) is 0 Å². The second-order valence-corrected chi connectivity index (χ2v) is 7.58. The Bertz CT molecular complexity index is 599. The highest BCUT2D eigenvalue weighted by molar-refractivity contribution is 7.05. The van der Waals surface area contributed by atoms with Gasteiger partial charge in [0.05, 0.1) is 10.6 Å². The maximum atomic E-state index is 6.28. The van der Waals surface area contributed by atoms with Crippen LogP contribution in [0.1, 0.15) is 42.9 Å². The molecule has 0 aliphatic rings. The summed E-state index contributed by atoms with van der Waals surface area (Å²) in [6.07, 6.45) is 0.710. The fourth-order valence-corrected chi connectivity index (χ4v) is 3.73. The highest BCUT2D eigenvalue weighted by atomic mass is 35.5. The zero-order valence-corrected chi connectivity index (χ0v) is 14.9. The zero-order chi connectivity index (χ0) is 15.6. The molecule has 1 heterocycles. The van der Waals surface area contributed by atoms with Crippen LogP contribution in [0.2, 0.25) is 10.0 Å². The molecule has 3 nitrogen and oxygen atoms in total. The third kappa shape index (κ3) is 3.75. The van der Waals surface area contributed by atoms with Gasteiger partial charge in [0.2, 0.25) is 0 Å². The number of halogens is 2. The summed E-state index contributed by atoms with van der Waals surface area (Å²) < 4.78 is 4.13. The van der Waals surface area contributed by atoms with Crippen molar-refractivity contribution in [2.45, 2.75) is 38.6 Å². The van der Waals surface area contributed by atoms with Crippen molar-refractivity contribution in [3.05, 3.63) is 44.4 Å². The monoisotopic (exact) mass is 343 g/mol. The van der Waals surface area contributed by atoms with Gasteiger partial charge in [0.25, 0.3) is 0 Å². The number of nitrogens with one attached hydrogen (secondary N) is 1. The van der Waals surface area contributed by atoms with E-state index >= 15 is 0 Å². The first-order valence-electron chi connectivity index (χ1n) is 6.77. The molecule has 6 heteroatoms. The largest absolute Gasteiger partial charge is 0.312 e. The molecule has 0 fully saturated rings. The standard InChI is InChI=1S/C15H19Cl2N3S/c1-15(2,3)14-13(21-20-19-14)12(18-4)8-9-10(16)6-5-7-11(9)17/h5-7,12,18H,8H2,1-4H3. The topological polar surface area (TPSA) is 37.8 Å². The highest BCUT2D eigenvalue weighted by Crippen LogP contribution is 2.34. The fraction of sp³-hybridized carbons (Fsp3) is 0.467. The summed E-state index contributed by atoms with van der Waals surface area (Å²) in [5.74, 6) is 0. The molecule has 0 aliphatic carbocycles. The third-order valence-electron chi connectivity index (χ3n) is 3.36. The highest BCUT2D eigenvalue weighted by Gasteiger charge is 2.27. The fourth-order valence-electron chi connectivity index (χ4n) is 2.20. The first kappa shape index (κ1) is 16.7. The van der Waals surface area contributed by atoms with E-state index in [2.05, 4.69) is 35.7 Å². The van der Waals surface area contributed by atoms with Crippen molar-refractivity contribution in [1.29, 1.82) is 0 Å². The minimum atomic E-state index is -0.0400. The molecule has 1 aromatic heterocycles. The smallest absolute Gasteiger partial charge is 0.0857 e. The lowest BCUT2D eigenvalue weighted by atomic mass is 9.89. The molecule has 2 rings (SSSR count). The van der Waals surface area contributed by atoms with Crippen LogP contribution in [-0.4, -0.2) is 16.6 Å². The Balaban J connectivity index is 2.36. The van der Waals surface area contributed by atoms with Crippen LogP contribution in [0, 0.1) is 0 Å². The van der Waals surface area contributed by atoms with Crippen LogP contribution in [0.25, 0.3) is 0 Å². The molecule has 1 unspecified atom stereocenters. The molecule has 1 aromatic carbocycles. The van der Waals surface area contributed by atoms with Gasteiger partial charge in [-0.2, -0.15) is 0 Å². The van der Waals surface area contributed by atoms with E-state index in [4.69, 9.17) is 23.2 Å². The lowest BCUT2D eigenvalue weighted by Gasteiger charge is -2.22. The Morgan fingerprint density at radius 2 is 1.86 bits per heavy atom. The summed E-state index contributed by atoms with van der Waals surface area (Å²) in [5, 5.41) is 9.02. The Labute approximate surface area is 139 Å². The molecular formula is C15H19Cl2N3S. The summed E-state index contributed by atoms with van der Waals surface area (Å²) in [6.45, 7) is 6.42. The first-order valence-corrected chi connectivity index (χ1v) is 8.30. The first-order chi connectivity index (χ1) is 9.84. The minimum Gasteiger partial charge on any atom is -0.312 e. The van der Waals surface area contributed by atoms with Crippen molar-refractivity contribution in [3.63, 3.8) is 0 Å². The predicted molar refractivity (Wildman–Crippen MR) is 90.6 cm³/mol. The van der Waals surface area contributed by atoms with E-state index in [0.717, 1.165) is 16.1 Å². The number of benzene rings is 1. The normalized spacial score (nSPS) is 13.4. The van der Waals surface area contributed by atoms with Crippen molar-refractivity contribution < 1.29 is 0 Å². The van der Waals surface area contributed by atoms with Gasteiger partial charge in [-0.1, -0.05) is 54.5 Å². The molecule has 0 saturated heterocycles. The number of hydrogen-bond donors (Lipinski definition) is 1. The molecule has 0 saturated carbocycles. The van der Waals surface area contributed by atoms with Gasteiger partial charge < -0.3 is 5.32 Å². The number of aromatic nitrogens is 2. The van der Waals surface area contributed by atoms with Crippen LogP contribution >= 0.6 is 34.7 Å². The van der Waals surface area contributed by atoms with Crippen LogP contribution in [0.3, 0.4) is 0 Å². The average Bonchev–Trinajstić information content (AvgIpc) is 2.87. The zero-order valence-electron chi connectivity index (χ0n) is 12.6. The second-order valence-electron chi connectivity index (χ2n) is 5.98. The minimum absolute atomic E-state index is 0.0400. The van der Waals surface area contributed by atoms with Crippen molar-refractivity contribution in [2.24, 2.45) is 0 Å². The molecule has 0 amide bonds. The van der Waals surface area contributed by atoms with Crippen molar-refractivity contribution in [2.75, 3.05) is 7.05 Å². The average molecular weight is 344 g/mol. The Hall–Kier alpha value is -0.680. The number of rotatable bonds is 4. The number of hydrogen-bond acceptors (Lipinski definition) is 4. The van der Waals surface area contributed by atoms with E-state index in [-0.39, 0.29) is 11.5 Å². The van der Waals surface area contributed by atoms with E-state index < -0.39 is 0 Å². The molecule has 0 bridgehead atoms. The van der Waals surface area contributed by atoms with Gasteiger partial charge in [-0.15, -0.1) is 5.10 Å². The molecule has 0 spiro atoms. The van der Waals surface area contributed by atoms with Gasteiger partial charge >= 0.3 is 0 Å². The van der Waals surface area contributed by atoms with Crippen LogP contribution in [-0.2, 0) is 11.8 Å². The van der Waals surface area contributed by atoms with Crippen molar-refractivity contribution in [1.82, 2.24) is 14.9 Å².